The van der Waals surface area contributed by atoms with Crippen LogP contribution in [0.15, 0.2) is 94.9 Å². The Labute approximate surface area is 356 Å². The fourth-order valence-electron chi connectivity index (χ4n) is 9.10. The molecule has 0 amide bonds. The standard InChI is InChI=1S/C48H57ClF3NO7/c1-32-9-7-21-46(2)41(20-22-47(46,57)31-53(23-8-24-58-3)28-37(55)30-59-29-33-10-5-4-6-11-33)38-16-13-34(25-36(54)15-12-32)26-39(38)45(56)44-19-18-43(60-44)40-27-35(48(50,51)52)14-17-42(40)49/h4-6,9-11,13-14,16-19,26-27,36-37,41,54-55,57H,7-8,12,15,20-25,28-31H2,1-3H3/t36-,37+,41-,46-,47+/m0/s1. The van der Waals surface area contributed by atoms with Gasteiger partial charge in [-0.3, -0.25) is 9.69 Å². The van der Waals surface area contributed by atoms with Crippen LogP contribution < -0.4 is 0 Å². The Morgan fingerprint density at radius 2 is 1.83 bits per heavy atom. The summed E-state index contributed by atoms with van der Waals surface area (Å²) in [6.07, 6.45) is 0.615. The highest BCUT2D eigenvalue weighted by Crippen LogP contribution is 2.59. The van der Waals surface area contributed by atoms with Crippen molar-refractivity contribution in [1.29, 1.82) is 0 Å². The van der Waals surface area contributed by atoms with Gasteiger partial charge in [-0.2, -0.15) is 13.2 Å². The molecule has 0 unspecified atom stereocenters. The molecule has 0 spiro atoms. The lowest BCUT2D eigenvalue weighted by molar-refractivity contribution is -0.137. The molecular formula is C48H57ClF3NO7. The zero-order valence-corrected chi connectivity index (χ0v) is 35.4. The summed E-state index contributed by atoms with van der Waals surface area (Å²) in [4.78, 5) is 16.7. The Balaban J connectivity index is 1.33. The summed E-state index contributed by atoms with van der Waals surface area (Å²) in [6.45, 7) is 6.29. The van der Waals surface area contributed by atoms with Gasteiger partial charge >= 0.3 is 6.18 Å². The van der Waals surface area contributed by atoms with E-state index < -0.39 is 40.7 Å². The topological polar surface area (TPSA) is 113 Å². The summed E-state index contributed by atoms with van der Waals surface area (Å²) < 4.78 is 58.2. The SMILES string of the molecule is COCCCN(C[C@@H](O)COCc1ccccc1)C[C@]1(O)CC[C@H]2c3ccc(cc3C(=O)c3ccc(-c4cc(C(F)(F)F)ccc4Cl)o3)C[C@@H](O)CCC(C)=CCC[C@@]21C. The number of aliphatic hydroxyl groups is 3. The summed E-state index contributed by atoms with van der Waals surface area (Å²) in [7, 11) is 1.65. The van der Waals surface area contributed by atoms with Gasteiger partial charge in [0.05, 0.1) is 41.6 Å². The van der Waals surface area contributed by atoms with E-state index in [4.69, 9.17) is 25.5 Å². The normalized spacial score (nSPS) is 23.0. The highest BCUT2D eigenvalue weighted by atomic mass is 35.5. The first-order valence-corrected chi connectivity index (χ1v) is 21.2. The van der Waals surface area contributed by atoms with Crippen LogP contribution in [0.2, 0.25) is 5.02 Å². The molecule has 12 heteroatoms. The largest absolute Gasteiger partial charge is 0.453 e. The molecule has 1 fully saturated rings. The minimum absolute atomic E-state index is 0.0109. The third-order valence-electron chi connectivity index (χ3n) is 12.5. The molecule has 1 heterocycles. The van der Waals surface area contributed by atoms with E-state index >= 15 is 0 Å². The van der Waals surface area contributed by atoms with Crippen LogP contribution >= 0.6 is 11.6 Å². The summed E-state index contributed by atoms with van der Waals surface area (Å²) in [5.74, 6) is -0.798. The van der Waals surface area contributed by atoms with Crippen molar-refractivity contribution in [1.82, 2.24) is 4.90 Å². The van der Waals surface area contributed by atoms with Crippen molar-refractivity contribution in [3.63, 3.8) is 0 Å². The Morgan fingerprint density at radius 1 is 1.05 bits per heavy atom. The lowest BCUT2D eigenvalue weighted by Crippen LogP contribution is -2.54. The van der Waals surface area contributed by atoms with E-state index in [0.717, 1.165) is 40.5 Å². The molecular weight excluding hydrogens is 795 g/mol. The van der Waals surface area contributed by atoms with Gasteiger partial charge in [-0.05, 0) is 117 Å². The quantitative estimate of drug-likeness (QED) is 0.0616. The van der Waals surface area contributed by atoms with Gasteiger partial charge in [-0.25, -0.2) is 0 Å². The predicted octanol–water partition coefficient (Wildman–Crippen LogP) is 9.80. The lowest BCUT2D eigenvalue weighted by atomic mass is 9.64. The number of alkyl halides is 3. The van der Waals surface area contributed by atoms with Crippen molar-refractivity contribution in [2.75, 3.05) is 40.0 Å². The number of methoxy groups -OCH3 is 1. The maximum Gasteiger partial charge on any atom is 0.416 e. The average Bonchev–Trinajstić information content (AvgIpc) is 3.79. The van der Waals surface area contributed by atoms with E-state index in [2.05, 4.69) is 24.8 Å². The van der Waals surface area contributed by atoms with Crippen LogP contribution in [0, 0.1) is 5.41 Å². The number of nitrogens with zero attached hydrogens (tertiary/aromatic N) is 1. The first-order chi connectivity index (χ1) is 28.6. The number of hydrogen-bond donors (Lipinski definition) is 3. The molecule has 324 valence electrons. The van der Waals surface area contributed by atoms with Gasteiger partial charge in [0, 0.05) is 49.9 Å². The second-order valence-electron chi connectivity index (χ2n) is 16.9. The number of allylic oxidation sites excluding steroid dienone is 2. The van der Waals surface area contributed by atoms with E-state index in [1.807, 2.05) is 42.5 Å². The molecule has 7 rings (SSSR count). The van der Waals surface area contributed by atoms with Gasteiger partial charge in [0.15, 0.2) is 5.76 Å². The molecule has 1 saturated carbocycles. The fourth-order valence-corrected chi connectivity index (χ4v) is 9.31. The van der Waals surface area contributed by atoms with Crippen molar-refractivity contribution in [3.8, 4) is 11.3 Å². The number of hydrogen-bond acceptors (Lipinski definition) is 8. The third-order valence-corrected chi connectivity index (χ3v) is 12.8. The molecule has 3 aliphatic rings. The molecule has 3 aromatic carbocycles. The van der Waals surface area contributed by atoms with Gasteiger partial charge in [-0.15, -0.1) is 0 Å². The van der Waals surface area contributed by atoms with Crippen LogP contribution in [0.25, 0.3) is 11.3 Å². The van der Waals surface area contributed by atoms with Crippen LogP contribution in [0.5, 0.6) is 0 Å². The van der Waals surface area contributed by atoms with Crippen LogP contribution in [-0.2, 0) is 28.7 Å². The zero-order valence-electron chi connectivity index (χ0n) is 34.6. The van der Waals surface area contributed by atoms with Gasteiger partial charge in [-0.1, -0.05) is 72.6 Å². The molecule has 3 N–H and O–H groups in total. The Bertz CT molecular complexity index is 2090. The van der Waals surface area contributed by atoms with E-state index in [1.54, 1.807) is 13.2 Å². The van der Waals surface area contributed by atoms with Gasteiger partial charge in [0.2, 0.25) is 5.78 Å². The van der Waals surface area contributed by atoms with E-state index in [1.165, 1.54) is 12.1 Å². The molecule has 4 aromatic rings. The highest BCUT2D eigenvalue weighted by Gasteiger charge is 2.57. The number of rotatable bonds is 15. The third kappa shape index (κ3) is 11.0. The maximum absolute atomic E-state index is 14.6. The van der Waals surface area contributed by atoms with Crippen LogP contribution in [-0.4, -0.2) is 83.8 Å². The minimum atomic E-state index is -4.60. The van der Waals surface area contributed by atoms with Crippen molar-refractivity contribution in [2.45, 2.75) is 102 Å². The maximum atomic E-state index is 14.6. The van der Waals surface area contributed by atoms with Crippen LogP contribution in [0.3, 0.4) is 0 Å². The van der Waals surface area contributed by atoms with E-state index in [9.17, 15) is 33.3 Å². The molecule has 3 aliphatic carbocycles. The van der Waals surface area contributed by atoms with Crippen molar-refractivity contribution in [3.05, 3.63) is 129 Å². The molecule has 2 bridgehead atoms. The Morgan fingerprint density at radius 3 is 2.58 bits per heavy atom. The van der Waals surface area contributed by atoms with E-state index in [0.29, 0.717) is 76.7 Å². The highest BCUT2D eigenvalue weighted by molar-refractivity contribution is 6.33. The fraction of sp³-hybridized carbons (Fsp3) is 0.479. The van der Waals surface area contributed by atoms with Crippen LogP contribution in [0.4, 0.5) is 13.2 Å². The summed E-state index contributed by atoms with van der Waals surface area (Å²) in [5.41, 5.74) is 1.13. The smallest absolute Gasteiger partial charge is 0.416 e. The number of aliphatic hydroxyl groups excluding tert-OH is 2. The van der Waals surface area contributed by atoms with Gasteiger partial charge in [0.25, 0.3) is 0 Å². The number of ketones is 1. The number of carbonyl (C=O) groups excluding carboxylic acids is 1. The van der Waals surface area contributed by atoms with E-state index in [-0.39, 0.29) is 47.7 Å². The monoisotopic (exact) mass is 851 g/mol. The second kappa shape index (κ2) is 19.9. The molecule has 60 heavy (non-hydrogen) atoms. The number of halogens is 4. The number of ether oxygens (including phenoxy) is 2. The predicted molar refractivity (Wildman–Crippen MR) is 226 cm³/mol. The number of fused-ring (bicyclic) bond motifs is 8. The van der Waals surface area contributed by atoms with Gasteiger partial charge < -0.3 is 29.2 Å². The van der Waals surface area contributed by atoms with Crippen LogP contribution in [0.1, 0.15) is 103 Å². The van der Waals surface area contributed by atoms with Crippen molar-refractivity contribution < 1.29 is 47.2 Å². The Kier molecular flexibility index (Phi) is 15.2. The Hall–Kier alpha value is -3.81. The number of furan rings is 1. The van der Waals surface area contributed by atoms with Crippen molar-refractivity contribution in [2.24, 2.45) is 5.41 Å². The van der Waals surface area contributed by atoms with Gasteiger partial charge in [0.1, 0.15) is 5.76 Å². The molecule has 1 aromatic heterocycles. The van der Waals surface area contributed by atoms with Crippen molar-refractivity contribution >= 4 is 17.4 Å². The first-order valence-electron chi connectivity index (χ1n) is 20.8. The number of benzene rings is 3. The molecule has 0 radical (unpaired) electrons. The summed E-state index contributed by atoms with van der Waals surface area (Å²) in [6, 6.07) is 21.3. The minimum Gasteiger partial charge on any atom is -0.453 e. The summed E-state index contributed by atoms with van der Waals surface area (Å²) in [5, 5.41) is 35.3. The average molecular weight is 852 g/mol. The molecule has 0 aliphatic heterocycles. The second-order valence-corrected chi connectivity index (χ2v) is 17.3. The zero-order chi connectivity index (χ0) is 43.1. The molecule has 8 nitrogen and oxygen atoms in total. The summed E-state index contributed by atoms with van der Waals surface area (Å²) >= 11 is 6.35. The lowest BCUT2D eigenvalue weighted by Gasteiger charge is -2.46. The molecule has 0 saturated heterocycles. The molecule has 5 atom stereocenters. The number of carbonyl (C=O) groups is 1. The first kappa shape index (κ1) is 45.7.